The van der Waals surface area contributed by atoms with Crippen molar-refractivity contribution < 1.29 is 4.79 Å². The minimum atomic E-state index is -0.220. The van der Waals surface area contributed by atoms with Gasteiger partial charge in [0.1, 0.15) is 0 Å². The van der Waals surface area contributed by atoms with Crippen molar-refractivity contribution in [1.29, 1.82) is 0 Å². The molecule has 1 amide bonds. The van der Waals surface area contributed by atoms with Crippen LogP contribution in [0.25, 0.3) is 4.96 Å². The molecule has 0 aliphatic heterocycles. The van der Waals surface area contributed by atoms with E-state index in [2.05, 4.69) is 15.4 Å². The number of aromatic nitrogens is 3. The number of benzene rings is 1. The molecule has 0 radical (unpaired) electrons. The first kappa shape index (κ1) is 17.1. The average Bonchev–Trinajstić information content (AvgIpc) is 2.98. The van der Waals surface area contributed by atoms with Crippen LogP contribution in [-0.2, 0) is 11.3 Å². The van der Waals surface area contributed by atoms with Gasteiger partial charge in [-0.15, -0.1) is 5.10 Å². The van der Waals surface area contributed by atoms with Crippen molar-refractivity contribution in [3.63, 3.8) is 0 Å². The Hall–Kier alpha value is -2.74. The molecule has 0 unspecified atom stereocenters. The standard InChI is InChI=1S/C17H19N5O2S/c1-11-6-4-5-7-13(11)9-18-14(23)10-21(3)17-20-22-15(24)8-12(2)19-16(22)25-17/h4-8H,9-10H2,1-3H3,(H,18,23). The van der Waals surface area contributed by atoms with E-state index >= 15 is 0 Å². The fourth-order valence-corrected chi connectivity index (χ4v) is 3.32. The third-order valence-corrected chi connectivity index (χ3v) is 4.83. The van der Waals surface area contributed by atoms with E-state index in [9.17, 15) is 9.59 Å². The summed E-state index contributed by atoms with van der Waals surface area (Å²) in [5, 5.41) is 7.72. The Morgan fingerprint density at radius 3 is 2.84 bits per heavy atom. The number of fused-ring (bicyclic) bond motifs is 1. The average molecular weight is 357 g/mol. The van der Waals surface area contributed by atoms with Crippen molar-refractivity contribution in [2.45, 2.75) is 20.4 Å². The summed E-state index contributed by atoms with van der Waals surface area (Å²) in [7, 11) is 1.77. The van der Waals surface area contributed by atoms with Crippen molar-refractivity contribution in [1.82, 2.24) is 19.9 Å². The fourth-order valence-electron chi connectivity index (χ4n) is 2.41. The summed E-state index contributed by atoms with van der Waals surface area (Å²) < 4.78 is 1.26. The number of hydrogen-bond acceptors (Lipinski definition) is 6. The third-order valence-electron chi connectivity index (χ3n) is 3.81. The molecule has 0 fully saturated rings. The molecule has 8 heteroatoms. The highest BCUT2D eigenvalue weighted by Gasteiger charge is 2.14. The molecule has 2 heterocycles. The number of anilines is 1. The minimum Gasteiger partial charge on any atom is -0.350 e. The first-order chi connectivity index (χ1) is 11.9. The highest BCUT2D eigenvalue weighted by molar-refractivity contribution is 7.20. The maximum atomic E-state index is 12.2. The van der Waals surface area contributed by atoms with Gasteiger partial charge in [-0.3, -0.25) is 9.59 Å². The van der Waals surface area contributed by atoms with E-state index in [1.807, 2.05) is 31.2 Å². The van der Waals surface area contributed by atoms with Gasteiger partial charge in [0, 0.05) is 25.4 Å². The Morgan fingerprint density at radius 2 is 2.08 bits per heavy atom. The van der Waals surface area contributed by atoms with Gasteiger partial charge in [0.15, 0.2) is 0 Å². The van der Waals surface area contributed by atoms with E-state index in [1.165, 1.54) is 21.9 Å². The summed E-state index contributed by atoms with van der Waals surface area (Å²) in [5.41, 5.74) is 2.66. The number of likely N-dealkylation sites (N-methyl/N-ethyl adjacent to an activating group) is 1. The molecule has 7 nitrogen and oxygen atoms in total. The minimum absolute atomic E-state index is 0.110. The van der Waals surface area contributed by atoms with Gasteiger partial charge < -0.3 is 10.2 Å². The second-order valence-corrected chi connectivity index (χ2v) is 6.81. The Kier molecular flexibility index (Phi) is 4.80. The molecule has 0 spiro atoms. The predicted molar refractivity (Wildman–Crippen MR) is 98.2 cm³/mol. The Bertz CT molecular complexity index is 979. The van der Waals surface area contributed by atoms with Crippen LogP contribution in [0.4, 0.5) is 5.13 Å². The van der Waals surface area contributed by atoms with Crippen LogP contribution in [0.5, 0.6) is 0 Å². The lowest BCUT2D eigenvalue weighted by molar-refractivity contribution is -0.119. The molecule has 130 valence electrons. The predicted octanol–water partition coefficient (Wildman–Crippen LogP) is 1.52. The van der Waals surface area contributed by atoms with Crippen LogP contribution in [0.15, 0.2) is 35.1 Å². The summed E-state index contributed by atoms with van der Waals surface area (Å²) in [6.45, 7) is 4.42. The largest absolute Gasteiger partial charge is 0.350 e. The Labute approximate surface area is 148 Å². The number of hydrogen-bond donors (Lipinski definition) is 1. The summed E-state index contributed by atoms with van der Waals surface area (Å²) in [4.78, 5) is 30.6. The first-order valence-corrected chi connectivity index (χ1v) is 8.65. The monoisotopic (exact) mass is 357 g/mol. The fraction of sp³-hybridized carbons (Fsp3) is 0.294. The summed E-state index contributed by atoms with van der Waals surface area (Å²) >= 11 is 1.28. The number of amides is 1. The van der Waals surface area contributed by atoms with Gasteiger partial charge in [0.25, 0.3) is 5.56 Å². The van der Waals surface area contributed by atoms with Crippen molar-refractivity contribution >= 4 is 27.3 Å². The molecule has 0 atom stereocenters. The molecular weight excluding hydrogens is 338 g/mol. The Balaban J connectivity index is 1.66. The third kappa shape index (κ3) is 3.85. The molecule has 1 aromatic carbocycles. The molecule has 3 aromatic rings. The molecule has 0 bridgehead atoms. The number of rotatable bonds is 5. The zero-order chi connectivity index (χ0) is 18.0. The summed E-state index contributed by atoms with van der Waals surface area (Å²) in [6.07, 6.45) is 0. The number of carbonyl (C=O) groups excluding carboxylic acids is 1. The van der Waals surface area contributed by atoms with Gasteiger partial charge in [-0.2, -0.15) is 4.52 Å². The van der Waals surface area contributed by atoms with Crippen molar-refractivity contribution in [3.8, 4) is 0 Å². The van der Waals surface area contributed by atoms with Crippen LogP contribution < -0.4 is 15.8 Å². The lowest BCUT2D eigenvalue weighted by atomic mass is 10.1. The normalized spacial score (nSPS) is 10.8. The van der Waals surface area contributed by atoms with Gasteiger partial charge in [-0.1, -0.05) is 35.6 Å². The molecule has 25 heavy (non-hydrogen) atoms. The van der Waals surface area contributed by atoms with Crippen molar-refractivity contribution in [3.05, 3.63) is 57.5 Å². The number of nitrogens with one attached hydrogen (secondary N) is 1. The van der Waals surface area contributed by atoms with Gasteiger partial charge in [0.2, 0.25) is 16.0 Å². The molecule has 0 aliphatic carbocycles. The molecule has 2 aromatic heterocycles. The zero-order valence-electron chi connectivity index (χ0n) is 14.3. The highest BCUT2D eigenvalue weighted by Crippen LogP contribution is 2.19. The molecule has 0 saturated heterocycles. The molecule has 3 rings (SSSR count). The lowest BCUT2D eigenvalue weighted by Crippen LogP contribution is -2.35. The van der Waals surface area contributed by atoms with Crippen molar-refractivity contribution in [2.75, 3.05) is 18.5 Å². The molecule has 1 N–H and O–H groups in total. The highest BCUT2D eigenvalue weighted by atomic mass is 32.1. The van der Waals surface area contributed by atoms with Crippen LogP contribution >= 0.6 is 11.3 Å². The smallest absolute Gasteiger partial charge is 0.275 e. The quantitative estimate of drug-likeness (QED) is 0.749. The van der Waals surface area contributed by atoms with Crippen LogP contribution in [-0.4, -0.2) is 34.1 Å². The van der Waals surface area contributed by atoms with Gasteiger partial charge in [-0.05, 0) is 25.0 Å². The Morgan fingerprint density at radius 1 is 1.32 bits per heavy atom. The van der Waals surface area contributed by atoms with E-state index in [1.54, 1.807) is 18.9 Å². The second kappa shape index (κ2) is 7.02. The number of carbonyl (C=O) groups is 1. The first-order valence-electron chi connectivity index (χ1n) is 7.84. The van der Waals surface area contributed by atoms with Crippen molar-refractivity contribution in [2.24, 2.45) is 0 Å². The van der Waals surface area contributed by atoms with E-state index in [0.717, 1.165) is 11.1 Å². The number of aryl methyl sites for hydroxylation is 2. The second-order valence-electron chi connectivity index (χ2n) is 5.87. The van der Waals surface area contributed by atoms with Gasteiger partial charge in [0.05, 0.1) is 6.54 Å². The number of nitrogens with zero attached hydrogens (tertiary/aromatic N) is 4. The van der Waals surface area contributed by atoms with Gasteiger partial charge >= 0.3 is 0 Å². The van der Waals surface area contributed by atoms with E-state index in [4.69, 9.17) is 0 Å². The van der Waals surface area contributed by atoms with Crippen LogP contribution in [0.1, 0.15) is 16.8 Å². The maximum absolute atomic E-state index is 12.2. The SMILES string of the molecule is Cc1cc(=O)n2nc(N(C)CC(=O)NCc3ccccc3C)sc2n1. The molecule has 0 saturated carbocycles. The van der Waals surface area contributed by atoms with E-state index in [0.29, 0.717) is 22.3 Å². The maximum Gasteiger partial charge on any atom is 0.275 e. The van der Waals surface area contributed by atoms with E-state index in [-0.39, 0.29) is 18.0 Å². The van der Waals surface area contributed by atoms with E-state index < -0.39 is 0 Å². The van der Waals surface area contributed by atoms with Crippen LogP contribution in [0.3, 0.4) is 0 Å². The summed E-state index contributed by atoms with van der Waals surface area (Å²) in [5.74, 6) is -0.110. The molecular formula is C17H19N5O2S. The van der Waals surface area contributed by atoms with Gasteiger partial charge in [-0.25, -0.2) is 4.98 Å². The topological polar surface area (TPSA) is 79.6 Å². The van der Waals surface area contributed by atoms with Crippen LogP contribution in [0.2, 0.25) is 0 Å². The summed E-state index contributed by atoms with van der Waals surface area (Å²) in [6, 6.07) is 9.37. The molecule has 0 aliphatic rings. The zero-order valence-corrected chi connectivity index (χ0v) is 15.1. The van der Waals surface area contributed by atoms with Crippen LogP contribution in [0, 0.1) is 13.8 Å². The lowest BCUT2D eigenvalue weighted by Gasteiger charge is -2.15.